The van der Waals surface area contributed by atoms with Crippen molar-refractivity contribution in [1.82, 2.24) is 10.4 Å². The van der Waals surface area contributed by atoms with Gasteiger partial charge in [-0.25, -0.2) is 5.01 Å². The molecule has 1 N–H and O–H groups in total. The highest BCUT2D eigenvalue weighted by Crippen LogP contribution is 2.36. The Kier molecular flexibility index (Phi) is 13.2. The third-order valence-electron chi connectivity index (χ3n) is 9.00. The Bertz CT molecular complexity index is 1670. The van der Waals surface area contributed by atoms with E-state index in [0.717, 1.165) is 90.4 Å². The van der Waals surface area contributed by atoms with Crippen LogP contribution in [0.1, 0.15) is 77.0 Å². The number of hydrogen-bond donors (Lipinski definition) is 1. The SMILES string of the molecule is CCC(OC)c1ccc(CCNN(C)Cc2ccc(C(C)OC)cc2Oc2ccc(Cl)c(C)c2C)c(Oc2ccc(Cl)c(C)c2C)c1. The lowest BCUT2D eigenvalue weighted by Crippen LogP contribution is -2.35. The van der Waals surface area contributed by atoms with E-state index in [2.05, 4.69) is 53.8 Å². The zero-order valence-electron chi connectivity index (χ0n) is 29.1. The van der Waals surface area contributed by atoms with E-state index >= 15 is 0 Å². The summed E-state index contributed by atoms with van der Waals surface area (Å²) in [6.45, 7) is 13.6. The molecule has 0 aromatic heterocycles. The van der Waals surface area contributed by atoms with Crippen molar-refractivity contribution in [3.63, 3.8) is 0 Å². The quantitative estimate of drug-likeness (QED) is 0.126. The minimum absolute atomic E-state index is 0.000960. The van der Waals surface area contributed by atoms with Gasteiger partial charge in [0.1, 0.15) is 23.0 Å². The van der Waals surface area contributed by atoms with Crippen molar-refractivity contribution in [2.24, 2.45) is 0 Å². The third-order valence-corrected chi connectivity index (χ3v) is 9.82. The van der Waals surface area contributed by atoms with E-state index < -0.39 is 0 Å². The summed E-state index contributed by atoms with van der Waals surface area (Å²) in [4.78, 5) is 0. The number of methoxy groups -OCH3 is 2. The van der Waals surface area contributed by atoms with Gasteiger partial charge in [0.05, 0.1) is 12.2 Å². The number of hydrogen-bond acceptors (Lipinski definition) is 6. The highest BCUT2D eigenvalue weighted by atomic mass is 35.5. The molecule has 252 valence electrons. The van der Waals surface area contributed by atoms with Crippen molar-refractivity contribution in [3.05, 3.63) is 115 Å². The Labute approximate surface area is 290 Å². The number of ether oxygens (including phenoxy) is 4. The summed E-state index contributed by atoms with van der Waals surface area (Å²) < 4.78 is 24.4. The van der Waals surface area contributed by atoms with Gasteiger partial charge >= 0.3 is 0 Å². The third kappa shape index (κ3) is 9.08. The fourth-order valence-electron chi connectivity index (χ4n) is 5.47. The molecule has 0 amide bonds. The van der Waals surface area contributed by atoms with Gasteiger partial charge in [-0.1, -0.05) is 54.4 Å². The van der Waals surface area contributed by atoms with Gasteiger partial charge in [-0.15, -0.1) is 0 Å². The van der Waals surface area contributed by atoms with Crippen molar-refractivity contribution in [2.45, 2.75) is 73.1 Å². The number of hydrazine groups is 1. The Hall–Kier alpha value is -3.10. The standard InChI is InChI=1S/C39H48Cl2N2O4/c1-10-35(45-9)31-13-11-29(38(22-31)46-36-17-15-33(40)24(2)26(36)4)19-20-42-43(7)23-32-14-12-30(28(6)44-8)21-39(32)47-37-18-16-34(41)25(3)27(37)5/h11-18,21-22,28,35,42H,10,19-20,23H2,1-9H3. The van der Waals surface area contributed by atoms with Crippen LogP contribution in [0, 0.1) is 27.7 Å². The molecule has 2 unspecified atom stereocenters. The van der Waals surface area contributed by atoms with Crippen LogP contribution in [0.3, 0.4) is 0 Å². The van der Waals surface area contributed by atoms with Crippen molar-refractivity contribution in [1.29, 1.82) is 0 Å². The molecular formula is C39H48Cl2N2O4. The predicted octanol–water partition coefficient (Wildman–Crippen LogP) is 10.8. The lowest BCUT2D eigenvalue weighted by molar-refractivity contribution is 0.0998. The van der Waals surface area contributed by atoms with Crippen molar-refractivity contribution in [2.75, 3.05) is 27.8 Å². The fraction of sp³-hybridized carbons (Fsp3) is 0.385. The summed E-state index contributed by atoms with van der Waals surface area (Å²) in [6.07, 6.45) is 1.57. The van der Waals surface area contributed by atoms with Gasteiger partial charge in [0.2, 0.25) is 0 Å². The summed E-state index contributed by atoms with van der Waals surface area (Å²) in [6, 6.07) is 20.3. The minimum atomic E-state index is -0.0600. The Morgan fingerprint density at radius 3 is 1.77 bits per heavy atom. The predicted molar refractivity (Wildman–Crippen MR) is 194 cm³/mol. The van der Waals surface area contributed by atoms with Crippen LogP contribution >= 0.6 is 23.2 Å². The zero-order valence-corrected chi connectivity index (χ0v) is 30.6. The molecule has 0 aliphatic rings. The second-order valence-corrected chi connectivity index (χ2v) is 12.9. The minimum Gasteiger partial charge on any atom is -0.457 e. The van der Waals surface area contributed by atoms with Gasteiger partial charge in [0.15, 0.2) is 0 Å². The molecule has 4 aromatic rings. The Balaban J connectivity index is 1.52. The first-order chi connectivity index (χ1) is 22.5. The van der Waals surface area contributed by atoms with Crippen molar-refractivity contribution < 1.29 is 18.9 Å². The second kappa shape index (κ2) is 16.8. The van der Waals surface area contributed by atoms with Crippen LogP contribution in [0.15, 0.2) is 60.7 Å². The molecular weight excluding hydrogens is 631 g/mol. The van der Waals surface area contributed by atoms with E-state index in [1.807, 2.05) is 65.9 Å². The van der Waals surface area contributed by atoms with Gasteiger partial charge in [-0.2, -0.15) is 0 Å². The van der Waals surface area contributed by atoms with E-state index in [1.54, 1.807) is 14.2 Å². The molecule has 8 heteroatoms. The van der Waals surface area contributed by atoms with Crippen LogP contribution in [-0.4, -0.2) is 32.8 Å². The van der Waals surface area contributed by atoms with Gasteiger partial charge in [0.25, 0.3) is 0 Å². The molecule has 0 saturated heterocycles. The molecule has 4 aromatic carbocycles. The Morgan fingerprint density at radius 1 is 0.681 bits per heavy atom. The topological polar surface area (TPSA) is 52.2 Å². The van der Waals surface area contributed by atoms with Crippen LogP contribution < -0.4 is 14.9 Å². The Morgan fingerprint density at radius 2 is 1.21 bits per heavy atom. The van der Waals surface area contributed by atoms with E-state index in [0.29, 0.717) is 13.1 Å². The van der Waals surface area contributed by atoms with Crippen LogP contribution in [0.5, 0.6) is 23.0 Å². The molecule has 2 atom stereocenters. The first kappa shape index (κ1) is 36.7. The fourth-order valence-corrected chi connectivity index (χ4v) is 5.88. The molecule has 47 heavy (non-hydrogen) atoms. The van der Waals surface area contributed by atoms with Crippen LogP contribution in [0.4, 0.5) is 0 Å². The molecule has 6 nitrogen and oxygen atoms in total. The summed E-state index contributed by atoms with van der Waals surface area (Å²) >= 11 is 12.7. The maximum atomic E-state index is 6.56. The number of nitrogens with one attached hydrogen (secondary N) is 1. The number of benzene rings is 4. The number of nitrogens with zero attached hydrogens (tertiary/aromatic N) is 1. The molecule has 0 bridgehead atoms. The maximum absolute atomic E-state index is 6.56. The highest BCUT2D eigenvalue weighted by molar-refractivity contribution is 6.31. The largest absolute Gasteiger partial charge is 0.457 e. The summed E-state index contributed by atoms with van der Waals surface area (Å²) in [5, 5.41) is 3.55. The average molecular weight is 680 g/mol. The average Bonchev–Trinajstić information content (AvgIpc) is 3.07. The second-order valence-electron chi connectivity index (χ2n) is 12.1. The van der Waals surface area contributed by atoms with E-state index in [1.165, 1.54) is 0 Å². The van der Waals surface area contributed by atoms with Crippen molar-refractivity contribution >= 4 is 23.2 Å². The molecule has 4 rings (SSSR count). The van der Waals surface area contributed by atoms with E-state index in [4.69, 9.17) is 42.1 Å². The van der Waals surface area contributed by atoms with E-state index in [-0.39, 0.29) is 12.2 Å². The lowest BCUT2D eigenvalue weighted by atomic mass is 10.0. The smallest absolute Gasteiger partial charge is 0.132 e. The molecule has 0 aliphatic heterocycles. The summed E-state index contributed by atoms with van der Waals surface area (Å²) in [5.74, 6) is 3.19. The van der Waals surface area contributed by atoms with Gasteiger partial charge in [0, 0.05) is 50.0 Å². The first-order valence-corrected chi connectivity index (χ1v) is 16.9. The van der Waals surface area contributed by atoms with Crippen LogP contribution in [0.2, 0.25) is 10.0 Å². The maximum Gasteiger partial charge on any atom is 0.132 e. The normalized spacial score (nSPS) is 12.8. The van der Waals surface area contributed by atoms with Gasteiger partial charge in [-0.3, -0.25) is 5.43 Å². The highest BCUT2D eigenvalue weighted by Gasteiger charge is 2.17. The molecule has 0 saturated carbocycles. The zero-order chi connectivity index (χ0) is 34.2. The number of rotatable bonds is 15. The molecule has 0 fully saturated rings. The molecule has 0 aliphatic carbocycles. The van der Waals surface area contributed by atoms with Crippen molar-refractivity contribution in [3.8, 4) is 23.0 Å². The molecule has 0 radical (unpaired) electrons. The first-order valence-electron chi connectivity index (χ1n) is 16.1. The summed E-state index contributed by atoms with van der Waals surface area (Å²) in [5.41, 5.74) is 11.9. The van der Waals surface area contributed by atoms with Gasteiger partial charge < -0.3 is 18.9 Å². The van der Waals surface area contributed by atoms with E-state index in [9.17, 15) is 0 Å². The summed E-state index contributed by atoms with van der Waals surface area (Å²) in [7, 11) is 5.50. The molecule has 0 heterocycles. The monoisotopic (exact) mass is 678 g/mol. The van der Waals surface area contributed by atoms with Crippen LogP contribution in [-0.2, 0) is 22.4 Å². The van der Waals surface area contributed by atoms with Crippen LogP contribution in [0.25, 0.3) is 0 Å². The lowest BCUT2D eigenvalue weighted by Gasteiger charge is -2.23. The number of halogens is 2. The van der Waals surface area contributed by atoms with Gasteiger partial charge in [-0.05, 0) is 123 Å². The molecule has 0 spiro atoms.